The molecule has 1 aliphatic heterocycles. The summed E-state index contributed by atoms with van der Waals surface area (Å²) < 4.78 is 5.48. The molecule has 7 heteroatoms. The first-order valence-corrected chi connectivity index (χ1v) is 9.21. The summed E-state index contributed by atoms with van der Waals surface area (Å²) in [5.41, 5.74) is 2.69. The second-order valence-corrected chi connectivity index (χ2v) is 6.91. The number of nitrogens with one attached hydrogen (secondary N) is 1. The van der Waals surface area contributed by atoms with E-state index in [1.807, 2.05) is 31.3 Å². The number of hydrogen-bond donors (Lipinski definition) is 1. The van der Waals surface area contributed by atoms with E-state index in [2.05, 4.69) is 14.9 Å². The normalized spacial score (nSPS) is 15.0. The van der Waals surface area contributed by atoms with Crippen LogP contribution in [0.25, 0.3) is 22.2 Å². The maximum Gasteiger partial charge on any atom is 0.295 e. The molecule has 0 spiro atoms. The average molecular weight is 378 g/mol. The number of likely N-dealkylation sites (N-methyl/N-ethyl adjacent to an activating group) is 1. The number of amides is 1. The van der Waals surface area contributed by atoms with Gasteiger partial charge in [0.1, 0.15) is 5.75 Å². The molecule has 0 saturated carbocycles. The SMILES string of the molecule is COc1ccc(-c2ccccn2)c2[nH]cc(C(=O)C(=O)N3CCN(C)CC3)c12. The van der Waals surface area contributed by atoms with E-state index >= 15 is 0 Å². The molecular weight excluding hydrogens is 356 g/mol. The number of ether oxygens (including phenoxy) is 1. The van der Waals surface area contributed by atoms with E-state index in [-0.39, 0.29) is 0 Å². The van der Waals surface area contributed by atoms with Crippen LogP contribution in [0.4, 0.5) is 0 Å². The van der Waals surface area contributed by atoms with Crippen molar-refractivity contribution in [3.05, 3.63) is 48.3 Å². The number of Topliss-reactive ketones (excluding diaryl/α,β-unsaturated/α-hetero) is 1. The molecule has 1 saturated heterocycles. The molecule has 0 radical (unpaired) electrons. The molecule has 28 heavy (non-hydrogen) atoms. The minimum absolute atomic E-state index is 0.327. The number of aromatic amines is 1. The highest BCUT2D eigenvalue weighted by molar-refractivity contribution is 6.45. The number of piperazine rings is 1. The molecule has 0 bridgehead atoms. The largest absolute Gasteiger partial charge is 0.496 e. The highest BCUT2D eigenvalue weighted by atomic mass is 16.5. The molecule has 1 amide bonds. The van der Waals surface area contributed by atoms with Gasteiger partial charge in [0.25, 0.3) is 11.7 Å². The summed E-state index contributed by atoms with van der Waals surface area (Å²) in [6.07, 6.45) is 3.31. The lowest BCUT2D eigenvalue weighted by Crippen LogP contribution is -2.49. The Morgan fingerprint density at radius 2 is 1.89 bits per heavy atom. The first kappa shape index (κ1) is 18.2. The molecule has 0 atom stereocenters. The standard InChI is InChI=1S/C21H22N4O3/c1-24-9-11-25(12-10-24)21(27)20(26)15-13-23-19-14(16-5-3-4-8-22-16)6-7-17(28-2)18(15)19/h3-8,13,23H,9-12H2,1-2H3. The summed E-state index contributed by atoms with van der Waals surface area (Å²) in [4.78, 5) is 37.1. The third kappa shape index (κ3) is 3.14. The van der Waals surface area contributed by atoms with E-state index in [4.69, 9.17) is 4.74 Å². The Balaban J connectivity index is 1.75. The number of benzene rings is 1. The molecule has 7 nitrogen and oxygen atoms in total. The molecule has 3 aromatic rings. The Bertz CT molecular complexity index is 1020. The van der Waals surface area contributed by atoms with E-state index < -0.39 is 11.7 Å². The highest BCUT2D eigenvalue weighted by Crippen LogP contribution is 2.35. The van der Waals surface area contributed by atoms with Gasteiger partial charge in [-0.2, -0.15) is 0 Å². The second kappa shape index (κ2) is 7.44. The van der Waals surface area contributed by atoms with Gasteiger partial charge in [0.15, 0.2) is 0 Å². The van der Waals surface area contributed by atoms with Gasteiger partial charge in [0, 0.05) is 44.1 Å². The quantitative estimate of drug-likeness (QED) is 0.556. The van der Waals surface area contributed by atoms with Crippen LogP contribution in [-0.4, -0.2) is 71.8 Å². The van der Waals surface area contributed by atoms with Crippen LogP contribution in [0, 0.1) is 0 Å². The van der Waals surface area contributed by atoms with Crippen LogP contribution in [0.3, 0.4) is 0 Å². The number of pyridine rings is 1. The topological polar surface area (TPSA) is 78.5 Å². The van der Waals surface area contributed by atoms with Crippen LogP contribution >= 0.6 is 0 Å². The van der Waals surface area contributed by atoms with Gasteiger partial charge in [-0.25, -0.2) is 0 Å². The summed E-state index contributed by atoms with van der Waals surface area (Å²) in [6.45, 7) is 2.64. The summed E-state index contributed by atoms with van der Waals surface area (Å²) in [5.74, 6) is -0.447. The van der Waals surface area contributed by atoms with Crippen LogP contribution in [0.1, 0.15) is 10.4 Å². The van der Waals surface area contributed by atoms with Crippen LogP contribution < -0.4 is 4.74 Å². The zero-order valence-electron chi connectivity index (χ0n) is 15.9. The maximum absolute atomic E-state index is 13.0. The average Bonchev–Trinajstić information content (AvgIpc) is 3.18. The highest BCUT2D eigenvalue weighted by Gasteiger charge is 2.29. The molecule has 0 unspecified atom stereocenters. The van der Waals surface area contributed by atoms with Gasteiger partial charge in [0.05, 0.1) is 29.3 Å². The first-order chi connectivity index (χ1) is 13.6. The predicted octanol–water partition coefficient (Wildman–Crippen LogP) is 2.20. The van der Waals surface area contributed by atoms with Crippen molar-refractivity contribution < 1.29 is 14.3 Å². The maximum atomic E-state index is 13.0. The van der Waals surface area contributed by atoms with E-state index in [0.717, 1.165) is 29.9 Å². The van der Waals surface area contributed by atoms with Gasteiger partial charge in [-0.15, -0.1) is 0 Å². The van der Waals surface area contributed by atoms with Gasteiger partial charge in [-0.3, -0.25) is 14.6 Å². The number of nitrogens with zero attached hydrogens (tertiary/aromatic N) is 3. The number of carbonyl (C=O) groups excluding carboxylic acids is 2. The predicted molar refractivity (Wildman–Crippen MR) is 106 cm³/mol. The van der Waals surface area contributed by atoms with E-state index in [1.54, 1.807) is 30.5 Å². The molecule has 1 aliphatic rings. The van der Waals surface area contributed by atoms with Crippen molar-refractivity contribution >= 4 is 22.6 Å². The molecule has 144 valence electrons. The molecule has 0 aliphatic carbocycles. The first-order valence-electron chi connectivity index (χ1n) is 9.21. The smallest absolute Gasteiger partial charge is 0.295 e. The van der Waals surface area contributed by atoms with Crippen molar-refractivity contribution in [1.29, 1.82) is 0 Å². The number of ketones is 1. The van der Waals surface area contributed by atoms with Crippen LogP contribution in [-0.2, 0) is 4.79 Å². The molecule has 3 heterocycles. The summed E-state index contributed by atoms with van der Waals surface area (Å²) in [6, 6.07) is 9.36. The fourth-order valence-electron chi connectivity index (χ4n) is 3.57. The van der Waals surface area contributed by atoms with Crippen molar-refractivity contribution in [2.45, 2.75) is 0 Å². The van der Waals surface area contributed by atoms with E-state index in [1.165, 1.54) is 0 Å². The number of aromatic nitrogens is 2. The number of methoxy groups -OCH3 is 1. The zero-order valence-corrected chi connectivity index (χ0v) is 15.9. The van der Waals surface area contributed by atoms with Gasteiger partial charge in [0.2, 0.25) is 0 Å². The van der Waals surface area contributed by atoms with E-state index in [0.29, 0.717) is 29.8 Å². The van der Waals surface area contributed by atoms with Crippen molar-refractivity contribution in [3.63, 3.8) is 0 Å². The van der Waals surface area contributed by atoms with Crippen LogP contribution in [0.2, 0.25) is 0 Å². The number of fused-ring (bicyclic) bond motifs is 1. The lowest BCUT2D eigenvalue weighted by atomic mass is 10.0. The Morgan fingerprint density at radius 1 is 1.11 bits per heavy atom. The number of rotatable bonds is 4. The third-order valence-corrected chi connectivity index (χ3v) is 5.19. The Labute approximate surface area is 162 Å². The molecule has 2 aromatic heterocycles. The second-order valence-electron chi connectivity index (χ2n) is 6.91. The minimum atomic E-state index is -0.521. The minimum Gasteiger partial charge on any atom is -0.496 e. The molecule has 1 aromatic carbocycles. The number of H-pyrrole nitrogens is 1. The van der Waals surface area contributed by atoms with Gasteiger partial charge >= 0.3 is 0 Å². The fraction of sp³-hybridized carbons (Fsp3) is 0.286. The summed E-state index contributed by atoms with van der Waals surface area (Å²) in [5, 5.41) is 0.609. The van der Waals surface area contributed by atoms with Crippen LogP contribution in [0.5, 0.6) is 5.75 Å². The van der Waals surface area contributed by atoms with Gasteiger partial charge < -0.3 is 19.5 Å². The van der Waals surface area contributed by atoms with Crippen molar-refractivity contribution in [2.24, 2.45) is 0 Å². The van der Waals surface area contributed by atoms with Crippen molar-refractivity contribution in [1.82, 2.24) is 19.8 Å². The van der Waals surface area contributed by atoms with Crippen molar-refractivity contribution in [3.8, 4) is 17.0 Å². The Hall–Kier alpha value is -3.19. The monoisotopic (exact) mass is 378 g/mol. The zero-order chi connectivity index (χ0) is 19.7. The lowest BCUT2D eigenvalue weighted by Gasteiger charge is -2.31. The van der Waals surface area contributed by atoms with Crippen molar-refractivity contribution in [2.75, 3.05) is 40.3 Å². The van der Waals surface area contributed by atoms with Gasteiger partial charge in [-0.05, 0) is 31.3 Å². The number of hydrogen-bond acceptors (Lipinski definition) is 5. The van der Waals surface area contributed by atoms with Gasteiger partial charge in [-0.1, -0.05) is 6.07 Å². The lowest BCUT2D eigenvalue weighted by molar-refractivity contribution is -0.127. The Kier molecular flexibility index (Phi) is 4.83. The summed E-state index contributed by atoms with van der Waals surface area (Å²) in [7, 11) is 3.56. The molecule has 1 fully saturated rings. The number of carbonyl (C=O) groups is 2. The molecular formula is C21H22N4O3. The molecule has 1 N–H and O–H groups in total. The van der Waals surface area contributed by atoms with E-state index in [9.17, 15) is 9.59 Å². The summed E-state index contributed by atoms with van der Waals surface area (Å²) >= 11 is 0. The Morgan fingerprint density at radius 3 is 2.57 bits per heavy atom. The molecule has 4 rings (SSSR count). The van der Waals surface area contributed by atoms with Crippen LogP contribution in [0.15, 0.2) is 42.7 Å². The fourth-order valence-corrected chi connectivity index (χ4v) is 3.57. The third-order valence-electron chi connectivity index (χ3n) is 5.19.